The lowest BCUT2D eigenvalue weighted by molar-refractivity contribution is 0.102. The van der Waals surface area contributed by atoms with Crippen molar-refractivity contribution in [2.45, 2.75) is 0 Å². The lowest BCUT2D eigenvalue weighted by Gasteiger charge is -2.14. The van der Waals surface area contributed by atoms with E-state index in [1.807, 2.05) is 0 Å². The molecule has 0 radical (unpaired) electrons. The number of aromatic nitrogens is 4. The van der Waals surface area contributed by atoms with Gasteiger partial charge in [0.1, 0.15) is 5.56 Å². The van der Waals surface area contributed by atoms with E-state index in [0.29, 0.717) is 33.7 Å². The fourth-order valence-electron chi connectivity index (χ4n) is 3.67. The van der Waals surface area contributed by atoms with Crippen LogP contribution in [-0.4, -0.2) is 38.4 Å². The van der Waals surface area contributed by atoms with Gasteiger partial charge in [-0.2, -0.15) is 0 Å². The molecule has 0 saturated carbocycles. The number of amides is 1. The molecule has 2 aromatic heterocycles. The Morgan fingerprint density at radius 2 is 1.68 bits per heavy atom. The van der Waals surface area contributed by atoms with Crippen molar-refractivity contribution in [1.82, 2.24) is 19.1 Å². The van der Waals surface area contributed by atoms with Crippen LogP contribution in [0, 0.1) is 0 Å². The Morgan fingerprint density at radius 3 is 2.35 bits per heavy atom. The van der Waals surface area contributed by atoms with Crippen LogP contribution in [0.3, 0.4) is 0 Å². The predicted octanol–water partition coefficient (Wildman–Crippen LogP) is 3.59. The number of hydrogen-bond acceptors (Lipinski definition) is 7. The number of aryl methyl sites for hydroxylation is 1. The molecule has 2 heterocycles. The average Bonchev–Trinajstić information content (AvgIpc) is 2.90. The molecule has 4 aromatic rings. The summed E-state index contributed by atoms with van der Waals surface area (Å²) in [4.78, 5) is 56.8. The summed E-state index contributed by atoms with van der Waals surface area (Å²) in [6.45, 7) is 0. The van der Waals surface area contributed by atoms with Crippen molar-refractivity contribution in [2.24, 2.45) is 14.1 Å². The van der Waals surface area contributed by atoms with E-state index in [4.69, 9.17) is 27.9 Å². The number of nitrogens with one attached hydrogen (secondary N) is 1. The largest absolute Gasteiger partial charge is 0.479 e. The lowest BCUT2D eigenvalue weighted by Crippen LogP contribution is -2.40. The number of carbonyl (C=O) groups excluding carboxylic acids is 2. The first-order valence-electron chi connectivity index (χ1n) is 10.7. The number of halogens is 2. The SMILES string of the molecule is COc1nc(-c2cccc(-c3cccc(NC(=O)c4cn(C)c(=O)n(C)c4=O)c3Cl)c2Cl)cnc1C=O. The van der Waals surface area contributed by atoms with E-state index < -0.39 is 17.2 Å². The molecule has 0 fully saturated rings. The van der Waals surface area contributed by atoms with E-state index in [9.17, 15) is 19.2 Å². The molecule has 10 nitrogen and oxygen atoms in total. The zero-order chi connectivity index (χ0) is 26.9. The maximum atomic E-state index is 12.9. The highest BCUT2D eigenvalue weighted by Gasteiger charge is 2.20. The van der Waals surface area contributed by atoms with Gasteiger partial charge in [-0.15, -0.1) is 0 Å². The Morgan fingerprint density at radius 1 is 1.03 bits per heavy atom. The monoisotopic (exact) mass is 539 g/mol. The topological polar surface area (TPSA) is 125 Å². The molecule has 0 saturated heterocycles. The van der Waals surface area contributed by atoms with Crippen LogP contribution in [0.15, 0.2) is 58.4 Å². The smallest absolute Gasteiger partial charge is 0.330 e. The molecule has 188 valence electrons. The van der Waals surface area contributed by atoms with Crippen LogP contribution in [0.4, 0.5) is 5.69 Å². The van der Waals surface area contributed by atoms with Crippen LogP contribution >= 0.6 is 23.2 Å². The number of carbonyl (C=O) groups is 2. The van der Waals surface area contributed by atoms with E-state index in [1.54, 1.807) is 36.4 Å². The van der Waals surface area contributed by atoms with E-state index in [2.05, 4.69) is 15.3 Å². The van der Waals surface area contributed by atoms with E-state index in [-0.39, 0.29) is 27.8 Å². The van der Waals surface area contributed by atoms with Crippen LogP contribution < -0.4 is 21.3 Å². The normalized spacial score (nSPS) is 10.7. The summed E-state index contributed by atoms with van der Waals surface area (Å²) >= 11 is 13.4. The summed E-state index contributed by atoms with van der Waals surface area (Å²) in [5.41, 5.74) is 0.707. The predicted molar refractivity (Wildman–Crippen MR) is 140 cm³/mol. The standard InChI is InChI=1S/C25H19Cl2N5O5/c1-31-11-16(24(35)32(2)25(31)36)22(34)29-17-9-5-7-14(21(17)27)13-6-4-8-15(20(13)26)18-10-28-19(12-33)23(30-18)37-3/h4-12H,1-3H3,(H,29,34). The zero-order valence-electron chi connectivity index (χ0n) is 19.8. The quantitative estimate of drug-likeness (QED) is 0.371. The van der Waals surface area contributed by atoms with Gasteiger partial charge < -0.3 is 14.6 Å². The zero-order valence-corrected chi connectivity index (χ0v) is 21.3. The first-order chi connectivity index (χ1) is 17.7. The van der Waals surface area contributed by atoms with Crippen molar-refractivity contribution in [3.8, 4) is 28.3 Å². The van der Waals surface area contributed by atoms with Crippen LogP contribution in [-0.2, 0) is 14.1 Å². The van der Waals surface area contributed by atoms with Crippen LogP contribution in [0.5, 0.6) is 5.88 Å². The van der Waals surface area contributed by atoms with Gasteiger partial charge >= 0.3 is 5.69 Å². The van der Waals surface area contributed by atoms with Crippen LogP contribution in [0.1, 0.15) is 20.8 Å². The van der Waals surface area contributed by atoms with Crippen molar-refractivity contribution >= 4 is 41.1 Å². The summed E-state index contributed by atoms with van der Waals surface area (Å²) in [6.07, 6.45) is 3.12. The Kier molecular flexibility index (Phi) is 7.23. The molecule has 0 aliphatic carbocycles. The summed E-state index contributed by atoms with van der Waals surface area (Å²) in [5, 5.41) is 3.11. The first-order valence-corrected chi connectivity index (χ1v) is 11.5. The Bertz CT molecular complexity index is 1680. The van der Waals surface area contributed by atoms with Crippen LogP contribution in [0.25, 0.3) is 22.4 Å². The molecule has 0 unspecified atom stereocenters. The molecule has 0 aliphatic rings. The minimum absolute atomic E-state index is 0.0540. The summed E-state index contributed by atoms with van der Waals surface area (Å²) in [5.74, 6) is -0.672. The third-order valence-electron chi connectivity index (χ3n) is 5.57. The molecule has 0 bridgehead atoms. The van der Waals surface area contributed by atoms with Gasteiger partial charge in [-0.05, 0) is 6.07 Å². The highest BCUT2D eigenvalue weighted by molar-refractivity contribution is 6.39. The van der Waals surface area contributed by atoms with Gasteiger partial charge in [0, 0.05) is 37.0 Å². The van der Waals surface area contributed by atoms with Crippen molar-refractivity contribution in [3.63, 3.8) is 0 Å². The second-order valence-corrected chi connectivity index (χ2v) is 8.61. The summed E-state index contributed by atoms with van der Waals surface area (Å²) in [6, 6.07) is 10.2. The summed E-state index contributed by atoms with van der Waals surface area (Å²) in [7, 11) is 4.10. The van der Waals surface area contributed by atoms with Crippen LogP contribution in [0.2, 0.25) is 10.0 Å². The van der Waals surface area contributed by atoms with E-state index in [1.165, 1.54) is 33.6 Å². The number of rotatable bonds is 6. The minimum Gasteiger partial charge on any atom is -0.479 e. The number of methoxy groups -OCH3 is 1. The maximum absolute atomic E-state index is 12.9. The molecule has 12 heteroatoms. The Balaban J connectivity index is 1.74. The van der Waals surface area contributed by atoms with Gasteiger partial charge in [-0.1, -0.05) is 53.5 Å². The van der Waals surface area contributed by atoms with Gasteiger partial charge in [0.25, 0.3) is 11.5 Å². The number of ether oxygens (including phenoxy) is 1. The molecule has 0 spiro atoms. The molecule has 37 heavy (non-hydrogen) atoms. The van der Waals surface area contributed by atoms with Gasteiger partial charge in [-0.25, -0.2) is 14.8 Å². The molecular weight excluding hydrogens is 521 g/mol. The lowest BCUT2D eigenvalue weighted by atomic mass is 10.0. The van der Waals surface area contributed by atoms with Gasteiger partial charge in [0.2, 0.25) is 5.88 Å². The molecule has 0 aliphatic heterocycles. The molecular formula is C25H19Cl2N5O5. The van der Waals surface area contributed by atoms with Gasteiger partial charge in [0.05, 0.1) is 34.7 Å². The molecule has 1 N–H and O–H groups in total. The third-order valence-corrected chi connectivity index (χ3v) is 6.39. The second kappa shape index (κ2) is 10.4. The number of hydrogen-bond donors (Lipinski definition) is 1. The number of benzene rings is 2. The fourth-order valence-corrected chi connectivity index (χ4v) is 4.27. The maximum Gasteiger partial charge on any atom is 0.330 e. The van der Waals surface area contributed by atoms with Crippen molar-refractivity contribution in [1.29, 1.82) is 0 Å². The van der Waals surface area contributed by atoms with Gasteiger partial charge in [-0.3, -0.25) is 19.0 Å². The molecule has 0 atom stereocenters. The fraction of sp³-hybridized carbons (Fsp3) is 0.120. The minimum atomic E-state index is -0.735. The van der Waals surface area contributed by atoms with Crippen molar-refractivity contribution < 1.29 is 14.3 Å². The van der Waals surface area contributed by atoms with Crippen molar-refractivity contribution in [3.05, 3.63) is 90.9 Å². The van der Waals surface area contributed by atoms with E-state index >= 15 is 0 Å². The summed E-state index contributed by atoms with van der Waals surface area (Å²) < 4.78 is 7.12. The number of nitrogens with zero attached hydrogens (tertiary/aromatic N) is 4. The Hall–Kier alpha value is -4.28. The second-order valence-electron chi connectivity index (χ2n) is 7.86. The molecule has 1 amide bonds. The first kappa shape index (κ1) is 25.8. The molecule has 4 rings (SSSR count). The van der Waals surface area contributed by atoms with Crippen molar-refractivity contribution in [2.75, 3.05) is 12.4 Å². The third kappa shape index (κ3) is 4.76. The highest BCUT2D eigenvalue weighted by atomic mass is 35.5. The highest BCUT2D eigenvalue weighted by Crippen LogP contribution is 2.41. The Labute approximate surface area is 220 Å². The number of aldehydes is 1. The van der Waals surface area contributed by atoms with Gasteiger partial charge in [0.15, 0.2) is 12.0 Å². The molecule has 2 aromatic carbocycles. The van der Waals surface area contributed by atoms with E-state index in [0.717, 1.165) is 9.13 Å². The number of anilines is 1. The average molecular weight is 540 g/mol.